The number of likely N-dealkylation sites (tertiary alicyclic amines) is 1. The monoisotopic (exact) mass is 235 g/mol. The number of pyridine rings is 1. The number of hydrogen-bond acceptors (Lipinski definition) is 3. The first-order valence-corrected chi connectivity index (χ1v) is 6.38. The van der Waals surface area contributed by atoms with Gasteiger partial charge in [-0.2, -0.15) is 0 Å². The van der Waals surface area contributed by atoms with Gasteiger partial charge in [0.2, 0.25) is 0 Å². The quantitative estimate of drug-likeness (QED) is 0.858. The molecule has 1 aliphatic carbocycles. The number of rotatable bonds is 4. The predicted octanol–water partition coefficient (Wildman–Crippen LogP) is 1.55. The van der Waals surface area contributed by atoms with Crippen molar-refractivity contribution >= 4 is 0 Å². The second kappa shape index (κ2) is 4.70. The zero-order chi connectivity index (χ0) is 11.7. The largest absolute Gasteiger partial charge is 0.309 e. The van der Waals surface area contributed by atoms with Gasteiger partial charge < -0.3 is 5.32 Å². The van der Waals surface area contributed by atoms with Crippen LogP contribution in [0.15, 0.2) is 18.5 Å². The predicted molar refractivity (Wildman–Crippen MR) is 64.0 cm³/mol. The van der Waals surface area contributed by atoms with Crippen LogP contribution in [0.25, 0.3) is 0 Å². The Morgan fingerprint density at radius 3 is 3.00 bits per heavy atom. The summed E-state index contributed by atoms with van der Waals surface area (Å²) in [4.78, 5) is 6.43. The standard InChI is InChI=1S/C13H18FN3/c14-11-5-10(6-15-8-11)7-16-12-3-4-17(9-12)13-1-2-13/h5-6,8,12-13,16H,1-4,7,9H2. The summed E-state index contributed by atoms with van der Waals surface area (Å²) < 4.78 is 12.9. The molecule has 1 saturated carbocycles. The first-order chi connectivity index (χ1) is 8.31. The van der Waals surface area contributed by atoms with Gasteiger partial charge in [0.15, 0.2) is 0 Å². The number of nitrogens with zero attached hydrogens (tertiary/aromatic N) is 2. The molecule has 2 aliphatic rings. The van der Waals surface area contributed by atoms with Crippen molar-refractivity contribution < 1.29 is 4.39 Å². The molecule has 0 spiro atoms. The first-order valence-electron chi connectivity index (χ1n) is 6.38. The Hall–Kier alpha value is -1.00. The Kier molecular flexibility index (Phi) is 3.07. The van der Waals surface area contributed by atoms with Crippen LogP contribution >= 0.6 is 0 Å². The van der Waals surface area contributed by atoms with E-state index in [1.165, 1.54) is 32.0 Å². The molecule has 1 aromatic rings. The summed E-state index contributed by atoms with van der Waals surface area (Å²) in [6.07, 6.45) is 6.93. The Bertz CT molecular complexity index is 392. The number of nitrogens with one attached hydrogen (secondary N) is 1. The van der Waals surface area contributed by atoms with Gasteiger partial charge in [-0.15, -0.1) is 0 Å². The Morgan fingerprint density at radius 2 is 2.24 bits per heavy atom. The van der Waals surface area contributed by atoms with E-state index in [0.717, 1.165) is 18.2 Å². The molecule has 1 saturated heterocycles. The maximum Gasteiger partial charge on any atom is 0.141 e. The lowest BCUT2D eigenvalue weighted by molar-refractivity contribution is 0.317. The lowest BCUT2D eigenvalue weighted by Crippen LogP contribution is -2.32. The van der Waals surface area contributed by atoms with Gasteiger partial charge in [-0.05, 0) is 30.9 Å². The van der Waals surface area contributed by atoms with E-state index in [2.05, 4.69) is 15.2 Å². The van der Waals surface area contributed by atoms with Crippen LogP contribution in [-0.4, -0.2) is 35.1 Å². The highest BCUT2D eigenvalue weighted by atomic mass is 19.1. The van der Waals surface area contributed by atoms with Gasteiger partial charge in [-0.3, -0.25) is 9.88 Å². The normalized spacial score (nSPS) is 25.4. The van der Waals surface area contributed by atoms with Crippen molar-refractivity contribution in [2.24, 2.45) is 0 Å². The molecule has 3 rings (SSSR count). The maximum atomic E-state index is 12.9. The van der Waals surface area contributed by atoms with Gasteiger partial charge >= 0.3 is 0 Å². The topological polar surface area (TPSA) is 28.2 Å². The molecule has 2 fully saturated rings. The van der Waals surface area contributed by atoms with Gasteiger partial charge in [0.1, 0.15) is 5.82 Å². The molecule has 1 aliphatic heterocycles. The fourth-order valence-corrected chi connectivity index (χ4v) is 2.54. The number of hydrogen-bond donors (Lipinski definition) is 1. The summed E-state index contributed by atoms with van der Waals surface area (Å²) in [6, 6.07) is 2.96. The Morgan fingerprint density at radius 1 is 1.35 bits per heavy atom. The molecule has 0 amide bonds. The third kappa shape index (κ3) is 2.82. The highest BCUT2D eigenvalue weighted by Gasteiger charge is 2.33. The molecular weight excluding hydrogens is 217 g/mol. The van der Waals surface area contributed by atoms with Crippen molar-refractivity contribution in [1.29, 1.82) is 0 Å². The Labute approximate surface area is 101 Å². The van der Waals surface area contributed by atoms with E-state index in [0.29, 0.717) is 12.6 Å². The van der Waals surface area contributed by atoms with E-state index >= 15 is 0 Å². The van der Waals surface area contributed by atoms with Gasteiger partial charge in [0.05, 0.1) is 6.20 Å². The van der Waals surface area contributed by atoms with Crippen LogP contribution in [0.1, 0.15) is 24.8 Å². The molecule has 0 radical (unpaired) electrons. The molecule has 92 valence electrons. The summed E-state index contributed by atoms with van der Waals surface area (Å²) in [6.45, 7) is 3.07. The van der Waals surface area contributed by atoms with Gasteiger partial charge in [-0.25, -0.2) is 4.39 Å². The van der Waals surface area contributed by atoms with Crippen LogP contribution in [0.2, 0.25) is 0 Å². The fourth-order valence-electron chi connectivity index (χ4n) is 2.54. The molecule has 0 aromatic carbocycles. The lowest BCUT2D eigenvalue weighted by Gasteiger charge is -2.15. The van der Waals surface area contributed by atoms with Crippen LogP contribution in [-0.2, 0) is 6.54 Å². The molecule has 3 nitrogen and oxygen atoms in total. The summed E-state index contributed by atoms with van der Waals surface area (Å²) in [5, 5.41) is 3.49. The minimum absolute atomic E-state index is 0.254. The molecule has 1 aromatic heterocycles. The average molecular weight is 235 g/mol. The lowest BCUT2D eigenvalue weighted by atomic mass is 10.2. The molecule has 1 unspecified atom stereocenters. The maximum absolute atomic E-state index is 12.9. The van der Waals surface area contributed by atoms with Crippen molar-refractivity contribution in [3.63, 3.8) is 0 Å². The van der Waals surface area contributed by atoms with E-state index in [1.54, 1.807) is 12.3 Å². The van der Waals surface area contributed by atoms with Crippen LogP contribution in [0.5, 0.6) is 0 Å². The zero-order valence-electron chi connectivity index (χ0n) is 9.90. The molecular formula is C13H18FN3. The van der Waals surface area contributed by atoms with Gasteiger partial charge in [-0.1, -0.05) is 0 Å². The van der Waals surface area contributed by atoms with Crippen LogP contribution < -0.4 is 5.32 Å². The van der Waals surface area contributed by atoms with Crippen molar-refractivity contribution in [3.05, 3.63) is 29.8 Å². The van der Waals surface area contributed by atoms with E-state index < -0.39 is 0 Å². The second-order valence-electron chi connectivity index (χ2n) is 5.10. The van der Waals surface area contributed by atoms with E-state index in [9.17, 15) is 4.39 Å². The number of aromatic nitrogens is 1. The summed E-state index contributed by atoms with van der Waals surface area (Å²) >= 11 is 0. The van der Waals surface area contributed by atoms with Crippen molar-refractivity contribution in [2.75, 3.05) is 13.1 Å². The first kappa shape index (κ1) is 11.1. The average Bonchev–Trinajstić information content (AvgIpc) is 3.07. The molecule has 1 atom stereocenters. The summed E-state index contributed by atoms with van der Waals surface area (Å²) in [5.74, 6) is -0.254. The molecule has 1 N–H and O–H groups in total. The number of halogens is 1. The fraction of sp³-hybridized carbons (Fsp3) is 0.615. The summed E-state index contributed by atoms with van der Waals surface area (Å²) in [5.41, 5.74) is 0.926. The molecule has 2 heterocycles. The van der Waals surface area contributed by atoms with Gasteiger partial charge in [0.25, 0.3) is 0 Å². The van der Waals surface area contributed by atoms with Crippen molar-refractivity contribution in [1.82, 2.24) is 15.2 Å². The zero-order valence-corrected chi connectivity index (χ0v) is 9.90. The SMILES string of the molecule is Fc1cncc(CNC2CCN(C3CC3)C2)c1. The van der Waals surface area contributed by atoms with Crippen molar-refractivity contribution in [3.8, 4) is 0 Å². The minimum Gasteiger partial charge on any atom is -0.309 e. The minimum atomic E-state index is -0.254. The van der Waals surface area contributed by atoms with Crippen LogP contribution in [0.4, 0.5) is 4.39 Å². The third-order valence-electron chi connectivity index (χ3n) is 3.64. The smallest absolute Gasteiger partial charge is 0.141 e. The highest BCUT2D eigenvalue weighted by molar-refractivity contribution is 5.10. The van der Waals surface area contributed by atoms with Crippen LogP contribution in [0, 0.1) is 5.82 Å². The third-order valence-corrected chi connectivity index (χ3v) is 3.64. The summed E-state index contributed by atoms with van der Waals surface area (Å²) in [7, 11) is 0. The molecule has 0 bridgehead atoms. The Balaban J connectivity index is 1.48. The van der Waals surface area contributed by atoms with E-state index in [-0.39, 0.29) is 5.82 Å². The van der Waals surface area contributed by atoms with Crippen LogP contribution in [0.3, 0.4) is 0 Å². The van der Waals surface area contributed by atoms with Gasteiger partial charge in [0, 0.05) is 37.9 Å². The molecule has 4 heteroatoms. The van der Waals surface area contributed by atoms with E-state index in [1.807, 2.05) is 0 Å². The second-order valence-corrected chi connectivity index (χ2v) is 5.10. The van der Waals surface area contributed by atoms with Crippen molar-refractivity contribution in [2.45, 2.75) is 37.9 Å². The van der Waals surface area contributed by atoms with E-state index in [4.69, 9.17) is 0 Å². The highest BCUT2D eigenvalue weighted by Crippen LogP contribution is 2.29. The molecule has 17 heavy (non-hydrogen) atoms.